The van der Waals surface area contributed by atoms with Crippen molar-refractivity contribution in [1.82, 2.24) is 5.32 Å². The molecule has 1 heterocycles. The molecular formula is C18H18N4O3. The van der Waals surface area contributed by atoms with Crippen molar-refractivity contribution >= 4 is 11.8 Å². The Morgan fingerprint density at radius 1 is 1.28 bits per heavy atom. The molecule has 0 aliphatic carbocycles. The second-order valence-electron chi connectivity index (χ2n) is 5.18. The van der Waals surface area contributed by atoms with Crippen LogP contribution in [0.1, 0.15) is 19.4 Å². The monoisotopic (exact) mass is 338 g/mol. The molecule has 2 N–H and O–H groups in total. The van der Waals surface area contributed by atoms with Crippen molar-refractivity contribution in [2.45, 2.75) is 19.8 Å². The third-order valence-corrected chi connectivity index (χ3v) is 3.56. The molecule has 1 aromatic carbocycles. The minimum atomic E-state index is -1.98. The zero-order chi connectivity index (χ0) is 18.4. The molecule has 0 spiro atoms. The van der Waals surface area contributed by atoms with Crippen LogP contribution in [-0.2, 0) is 4.74 Å². The van der Waals surface area contributed by atoms with Crippen molar-refractivity contribution in [2.75, 3.05) is 13.7 Å². The van der Waals surface area contributed by atoms with Gasteiger partial charge >= 0.3 is 0 Å². The van der Waals surface area contributed by atoms with E-state index in [0.717, 1.165) is 5.56 Å². The van der Waals surface area contributed by atoms with Gasteiger partial charge in [0.05, 0.1) is 12.7 Å². The van der Waals surface area contributed by atoms with E-state index < -0.39 is 5.91 Å². The summed E-state index contributed by atoms with van der Waals surface area (Å²) in [5, 5.41) is 32.0. The second-order valence-corrected chi connectivity index (χ2v) is 5.18. The summed E-state index contributed by atoms with van der Waals surface area (Å²) in [4.78, 5) is 4.15. The van der Waals surface area contributed by atoms with E-state index in [1.54, 1.807) is 51.3 Å². The van der Waals surface area contributed by atoms with Gasteiger partial charge in [-0.05, 0) is 37.6 Å². The molecule has 0 bridgehead atoms. The first kappa shape index (κ1) is 18.2. The van der Waals surface area contributed by atoms with Gasteiger partial charge < -0.3 is 19.9 Å². The van der Waals surface area contributed by atoms with Gasteiger partial charge in [-0.25, -0.2) is 4.99 Å². The van der Waals surface area contributed by atoms with Crippen molar-refractivity contribution in [3.8, 4) is 17.9 Å². The summed E-state index contributed by atoms with van der Waals surface area (Å²) < 4.78 is 10.6. The highest BCUT2D eigenvalue weighted by atomic mass is 16.6. The zero-order valence-corrected chi connectivity index (χ0v) is 14.2. The van der Waals surface area contributed by atoms with E-state index in [4.69, 9.17) is 9.47 Å². The van der Waals surface area contributed by atoms with Crippen LogP contribution < -0.4 is 10.1 Å². The van der Waals surface area contributed by atoms with Crippen molar-refractivity contribution in [2.24, 2.45) is 4.99 Å². The maximum atomic E-state index is 11.0. The van der Waals surface area contributed by atoms with E-state index in [9.17, 15) is 15.6 Å². The van der Waals surface area contributed by atoms with E-state index in [1.165, 1.54) is 0 Å². The summed E-state index contributed by atoms with van der Waals surface area (Å²) in [6.07, 6.45) is 1.68. The van der Waals surface area contributed by atoms with Gasteiger partial charge in [-0.3, -0.25) is 0 Å². The lowest BCUT2D eigenvalue weighted by Crippen LogP contribution is -2.49. The molecule has 0 radical (unpaired) electrons. The molecule has 7 nitrogen and oxygen atoms in total. The maximum Gasteiger partial charge on any atom is 0.277 e. The summed E-state index contributed by atoms with van der Waals surface area (Å²) >= 11 is 0. The van der Waals surface area contributed by atoms with E-state index in [2.05, 4.69) is 10.3 Å². The number of methoxy groups -OCH3 is 1. The Labute approximate surface area is 146 Å². The molecule has 128 valence electrons. The molecule has 1 aromatic rings. The number of hydrogen-bond acceptors (Lipinski definition) is 7. The molecule has 0 saturated heterocycles. The van der Waals surface area contributed by atoms with Crippen LogP contribution in [0.15, 0.2) is 46.2 Å². The van der Waals surface area contributed by atoms with Gasteiger partial charge in [0.15, 0.2) is 11.4 Å². The van der Waals surface area contributed by atoms with Crippen LogP contribution in [0.3, 0.4) is 0 Å². The van der Waals surface area contributed by atoms with E-state index in [1.807, 2.05) is 12.1 Å². The molecule has 1 unspecified atom stereocenters. The average molecular weight is 338 g/mol. The Morgan fingerprint density at radius 2 is 1.96 bits per heavy atom. The second kappa shape index (κ2) is 7.63. The summed E-state index contributed by atoms with van der Waals surface area (Å²) in [5.74, 6) is -1.28. The van der Waals surface area contributed by atoms with Crippen LogP contribution in [0.5, 0.6) is 5.75 Å². The smallest absolute Gasteiger partial charge is 0.277 e. The number of benzene rings is 1. The Bertz CT molecular complexity index is 825. The van der Waals surface area contributed by atoms with Crippen LogP contribution in [0.4, 0.5) is 0 Å². The van der Waals surface area contributed by atoms with Crippen LogP contribution in [0.25, 0.3) is 6.08 Å². The van der Waals surface area contributed by atoms with Gasteiger partial charge in [-0.15, -0.1) is 0 Å². The molecule has 1 aliphatic rings. The zero-order valence-electron chi connectivity index (χ0n) is 14.2. The maximum absolute atomic E-state index is 11.0. The Hall–Kier alpha value is -3.13. The van der Waals surface area contributed by atoms with Gasteiger partial charge in [-0.2, -0.15) is 10.5 Å². The highest BCUT2D eigenvalue weighted by Gasteiger charge is 2.38. The minimum absolute atomic E-state index is 0.115. The first-order chi connectivity index (χ1) is 12.0. The third kappa shape index (κ3) is 3.86. The Morgan fingerprint density at radius 3 is 2.48 bits per heavy atom. The van der Waals surface area contributed by atoms with Crippen molar-refractivity contribution in [3.05, 3.63) is 46.8 Å². The van der Waals surface area contributed by atoms with Crippen molar-refractivity contribution < 1.29 is 14.6 Å². The first-order valence-electron chi connectivity index (χ1n) is 7.58. The Kier molecular flexibility index (Phi) is 5.56. The van der Waals surface area contributed by atoms with Crippen LogP contribution in [0.2, 0.25) is 0 Å². The lowest BCUT2D eigenvalue weighted by Gasteiger charge is -2.30. The number of nitriles is 2. The molecule has 0 amide bonds. The minimum Gasteiger partial charge on any atom is -0.497 e. The van der Waals surface area contributed by atoms with Crippen molar-refractivity contribution in [1.29, 1.82) is 10.5 Å². The number of allylic oxidation sites excluding steroid dienone is 2. The van der Waals surface area contributed by atoms with E-state index in [-0.39, 0.29) is 18.0 Å². The van der Waals surface area contributed by atoms with Gasteiger partial charge in [0.2, 0.25) is 0 Å². The fraction of sp³-hybridized carbons (Fsp3) is 0.278. The number of ether oxygens (including phenoxy) is 2. The molecule has 0 saturated carbocycles. The normalized spacial score (nSPS) is 21.7. The predicted octanol–water partition coefficient (Wildman–Crippen LogP) is 2.08. The Balaban J connectivity index is 2.58. The first-order valence-corrected chi connectivity index (χ1v) is 7.58. The average Bonchev–Trinajstić information content (AvgIpc) is 2.71. The topological polar surface area (TPSA) is 111 Å². The molecule has 1 aliphatic heterocycles. The van der Waals surface area contributed by atoms with Crippen LogP contribution in [-0.4, -0.2) is 30.4 Å². The highest BCUT2D eigenvalue weighted by Crippen LogP contribution is 2.27. The SMILES string of the molecule is CCOC1(O)NC(C#N)=C(C#N)N=C(C)/C1=C/c1ccc(OC)cc1. The van der Waals surface area contributed by atoms with E-state index in [0.29, 0.717) is 17.0 Å². The molecule has 2 rings (SSSR count). The predicted molar refractivity (Wildman–Crippen MR) is 92.0 cm³/mol. The summed E-state index contributed by atoms with van der Waals surface area (Å²) in [6.45, 7) is 3.53. The molecule has 1 atom stereocenters. The molecule has 0 aromatic heterocycles. The number of aliphatic imine (C=N–C) groups is 1. The van der Waals surface area contributed by atoms with Crippen molar-refractivity contribution in [3.63, 3.8) is 0 Å². The number of aliphatic hydroxyl groups is 1. The van der Waals surface area contributed by atoms with Gasteiger partial charge in [0.25, 0.3) is 5.91 Å². The fourth-order valence-electron chi connectivity index (χ4n) is 2.38. The largest absolute Gasteiger partial charge is 0.497 e. The molecule has 25 heavy (non-hydrogen) atoms. The van der Waals surface area contributed by atoms with Crippen LogP contribution in [0, 0.1) is 22.7 Å². The number of nitrogens with one attached hydrogen (secondary N) is 1. The molecular weight excluding hydrogens is 320 g/mol. The summed E-state index contributed by atoms with van der Waals surface area (Å²) in [7, 11) is 1.58. The van der Waals surface area contributed by atoms with E-state index >= 15 is 0 Å². The fourth-order valence-corrected chi connectivity index (χ4v) is 2.38. The number of nitrogens with zero attached hydrogens (tertiary/aromatic N) is 3. The third-order valence-electron chi connectivity index (χ3n) is 3.56. The quantitative estimate of drug-likeness (QED) is 0.813. The number of rotatable bonds is 4. The standard InChI is InChI=1S/C18H18N4O3/c1-4-25-18(23)15(9-13-5-7-14(24-3)8-6-13)12(2)21-16(10-19)17(11-20)22-18/h5-9,22-23H,4H2,1-3H3/b15-9-. The molecule has 0 fully saturated rings. The lowest BCUT2D eigenvalue weighted by atomic mass is 10.0. The van der Waals surface area contributed by atoms with Gasteiger partial charge in [0.1, 0.15) is 17.9 Å². The molecule has 7 heteroatoms. The number of hydrogen-bond donors (Lipinski definition) is 2. The lowest BCUT2D eigenvalue weighted by molar-refractivity contribution is -0.182. The van der Waals surface area contributed by atoms with Gasteiger partial charge in [0, 0.05) is 12.3 Å². The van der Waals surface area contributed by atoms with Gasteiger partial charge in [-0.1, -0.05) is 12.1 Å². The summed E-state index contributed by atoms with van der Waals surface area (Å²) in [5.41, 5.74) is 1.16. The summed E-state index contributed by atoms with van der Waals surface area (Å²) in [6, 6.07) is 10.9. The highest BCUT2D eigenvalue weighted by molar-refractivity contribution is 6.04. The van der Waals surface area contributed by atoms with Crippen LogP contribution >= 0.6 is 0 Å².